The monoisotopic (exact) mass is 652 g/mol. The lowest BCUT2D eigenvalue weighted by Crippen LogP contribution is -2.40. The first kappa shape index (κ1) is 27.9. The van der Waals surface area contributed by atoms with Crippen molar-refractivity contribution in [2.45, 2.75) is 0 Å². The van der Waals surface area contributed by atoms with Gasteiger partial charge in [-0.15, -0.1) is 0 Å². The Hall–Kier alpha value is -6.98. The van der Waals surface area contributed by atoms with Gasteiger partial charge in [-0.3, -0.25) is 0 Å². The Morgan fingerprint density at radius 2 is 1.12 bits per heavy atom. The Morgan fingerprint density at radius 3 is 1.92 bits per heavy atom. The molecule has 3 heterocycles. The highest BCUT2D eigenvalue weighted by Gasteiger charge is 2.38. The molecule has 8 aromatic carbocycles. The van der Waals surface area contributed by atoms with E-state index in [0.717, 1.165) is 88.4 Å². The first-order valence-corrected chi connectivity index (χ1v) is 17.2. The van der Waals surface area contributed by atoms with Gasteiger partial charge in [0.05, 0.1) is 33.7 Å². The van der Waals surface area contributed by atoms with E-state index in [9.17, 15) is 0 Å². The van der Waals surface area contributed by atoms with Gasteiger partial charge in [0.1, 0.15) is 11.2 Å². The molecule has 0 saturated heterocycles. The second-order valence-corrected chi connectivity index (χ2v) is 13.0. The molecule has 0 aliphatic carbocycles. The molecule has 0 radical (unpaired) electrons. The van der Waals surface area contributed by atoms with Gasteiger partial charge in [0.2, 0.25) is 0 Å². The van der Waals surface area contributed by atoms with E-state index in [1.807, 2.05) is 18.2 Å². The molecule has 2 aromatic heterocycles. The second-order valence-electron chi connectivity index (χ2n) is 13.0. The second kappa shape index (κ2) is 10.8. The number of hydrazine groups is 1. The maximum atomic E-state index is 6.79. The number of hydrogen-bond acceptors (Lipinski definition) is 5. The standard InChI is InChI=1S/C46H28N4O/c1-3-15-29(16-4-1)43-35-23-11-13-25-38(35)47-46(48-43)50-44-41(33-21-9-10-22-34(33)45-42(44)36-24-12-14-26-40(36)51-45)37-27-30-17-7-8-18-31(30)28-39(37)49(50)32-19-5-2-6-20-32/h1-28H. The summed E-state index contributed by atoms with van der Waals surface area (Å²) < 4.78 is 6.79. The van der Waals surface area contributed by atoms with Crippen LogP contribution >= 0.6 is 0 Å². The lowest BCUT2D eigenvalue weighted by molar-refractivity contribution is 0.672. The third-order valence-corrected chi connectivity index (χ3v) is 10.1. The van der Waals surface area contributed by atoms with Gasteiger partial charge >= 0.3 is 0 Å². The fraction of sp³-hybridized carbons (Fsp3) is 0. The van der Waals surface area contributed by atoms with Crippen LogP contribution in [-0.4, -0.2) is 9.97 Å². The van der Waals surface area contributed by atoms with Crippen LogP contribution in [0.5, 0.6) is 0 Å². The summed E-state index contributed by atoms with van der Waals surface area (Å²) in [6.45, 7) is 0. The minimum atomic E-state index is 0.568. The van der Waals surface area contributed by atoms with E-state index in [2.05, 4.69) is 162 Å². The first-order chi connectivity index (χ1) is 25.3. The fourth-order valence-electron chi connectivity index (χ4n) is 7.91. The van der Waals surface area contributed by atoms with E-state index in [1.54, 1.807) is 0 Å². The summed E-state index contributed by atoms with van der Waals surface area (Å²) in [5, 5.41) is 12.1. The highest BCUT2D eigenvalue weighted by Crippen LogP contribution is 2.57. The maximum Gasteiger partial charge on any atom is 0.251 e. The Bertz CT molecular complexity index is 2990. The summed E-state index contributed by atoms with van der Waals surface area (Å²) in [7, 11) is 0. The Balaban J connectivity index is 1.37. The predicted molar refractivity (Wildman–Crippen MR) is 210 cm³/mol. The largest absolute Gasteiger partial charge is 0.455 e. The van der Waals surface area contributed by atoms with Crippen molar-refractivity contribution >= 4 is 77.4 Å². The average Bonchev–Trinajstić information content (AvgIpc) is 3.60. The molecule has 0 atom stereocenters. The number of anilines is 4. The van der Waals surface area contributed by atoms with Crippen LogP contribution in [-0.2, 0) is 0 Å². The molecule has 1 aliphatic rings. The van der Waals surface area contributed by atoms with Crippen molar-refractivity contribution in [3.63, 3.8) is 0 Å². The van der Waals surface area contributed by atoms with Gasteiger partial charge in [-0.25, -0.2) is 20.0 Å². The van der Waals surface area contributed by atoms with Crippen molar-refractivity contribution in [1.82, 2.24) is 9.97 Å². The average molecular weight is 653 g/mol. The molecule has 1 aliphatic heterocycles. The zero-order chi connectivity index (χ0) is 33.5. The van der Waals surface area contributed by atoms with Crippen LogP contribution in [0.15, 0.2) is 174 Å². The molecule has 5 heteroatoms. The molecule has 0 amide bonds. The number of para-hydroxylation sites is 3. The Labute approximate surface area is 293 Å². The van der Waals surface area contributed by atoms with Crippen LogP contribution in [0.25, 0.3) is 76.8 Å². The summed E-state index contributed by atoms with van der Waals surface area (Å²) in [4.78, 5) is 10.9. The molecule has 0 saturated carbocycles. The molecule has 238 valence electrons. The van der Waals surface area contributed by atoms with Crippen LogP contribution in [0, 0.1) is 0 Å². The minimum absolute atomic E-state index is 0.568. The van der Waals surface area contributed by atoms with E-state index < -0.39 is 0 Å². The number of aromatic nitrogens is 2. The zero-order valence-corrected chi connectivity index (χ0v) is 27.4. The molecular weight excluding hydrogens is 625 g/mol. The van der Waals surface area contributed by atoms with Crippen molar-refractivity contribution in [2.75, 3.05) is 10.0 Å². The Kier molecular flexibility index (Phi) is 5.89. The topological polar surface area (TPSA) is 45.4 Å². The quantitative estimate of drug-likeness (QED) is 0.190. The molecule has 10 aromatic rings. The lowest BCUT2D eigenvalue weighted by atomic mass is 9.88. The van der Waals surface area contributed by atoms with E-state index in [-0.39, 0.29) is 0 Å². The minimum Gasteiger partial charge on any atom is -0.455 e. The van der Waals surface area contributed by atoms with Gasteiger partial charge in [-0.05, 0) is 52.6 Å². The van der Waals surface area contributed by atoms with Crippen molar-refractivity contribution in [2.24, 2.45) is 0 Å². The summed E-state index contributed by atoms with van der Waals surface area (Å²) in [6, 6.07) is 59.4. The first-order valence-electron chi connectivity index (χ1n) is 17.2. The fourth-order valence-corrected chi connectivity index (χ4v) is 7.91. The van der Waals surface area contributed by atoms with Gasteiger partial charge in [0.25, 0.3) is 5.95 Å². The van der Waals surface area contributed by atoms with E-state index in [1.165, 1.54) is 5.39 Å². The van der Waals surface area contributed by atoms with E-state index in [0.29, 0.717) is 5.95 Å². The number of fused-ring (bicyclic) bond motifs is 12. The van der Waals surface area contributed by atoms with Gasteiger partial charge < -0.3 is 4.42 Å². The molecule has 0 fully saturated rings. The summed E-state index contributed by atoms with van der Waals surface area (Å²) >= 11 is 0. The van der Waals surface area contributed by atoms with Crippen LogP contribution in [0.2, 0.25) is 0 Å². The molecule has 0 bridgehead atoms. The molecule has 11 rings (SSSR count). The highest BCUT2D eigenvalue weighted by molar-refractivity contribution is 6.29. The molecule has 0 unspecified atom stereocenters. The van der Waals surface area contributed by atoms with Crippen molar-refractivity contribution in [3.05, 3.63) is 170 Å². The molecule has 51 heavy (non-hydrogen) atoms. The van der Waals surface area contributed by atoms with Crippen LogP contribution in [0.3, 0.4) is 0 Å². The summed E-state index contributed by atoms with van der Waals surface area (Å²) in [5.41, 5.74) is 9.74. The van der Waals surface area contributed by atoms with Crippen LogP contribution < -0.4 is 10.0 Å². The van der Waals surface area contributed by atoms with Crippen LogP contribution in [0.4, 0.5) is 23.0 Å². The van der Waals surface area contributed by atoms with Crippen molar-refractivity contribution in [3.8, 4) is 22.4 Å². The number of nitrogens with zero attached hydrogens (tertiary/aromatic N) is 4. The SMILES string of the molecule is c1ccc(-c2nc(N3c4c(c5ccccc5c5oc6ccccc6c45)-c4cc5ccccc5cc4N3c3ccccc3)nc3ccccc23)cc1. The predicted octanol–water partition coefficient (Wildman–Crippen LogP) is 12.4. The molecular formula is C46H28N4O. The number of benzene rings is 8. The number of furan rings is 1. The van der Waals surface area contributed by atoms with E-state index >= 15 is 0 Å². The molecule has 0 N–H and O–H groups in total. The number of hydrogen-bond donors (Lipinski definition) is 0. The third kappa shape index (κ3) is 4.09. The van der Waals surface area contributed by atoms with Gasteiger partial charge in [0.15, 0.2) is 0 Å². The maximum absolute atomic E-state index is 6.79. The smallest absolute Gasteiger partial charge is 0.251 e. The Morgan fingerprint density at radius 1 is 0.490 bits per heavy atom. The van der Waals surface area contributed by atoms with Gasteiger partial charge in [-0.2, -0.15) is 0 Å². The molecule has 0 spiro atoms. The molecule has 5 nitrogen and oxygen atoms in total. The summed E-state index contributed by atoms with van der Waals surface area (Å²) in [5.74, 6) is 0.568. The van der Waals surface area contributed by atoms with E-state index in [4.69, 9.17) is 14.4 Å². The lowest BCUT2D eigenvalue weighted by Gasteiger charge is -2.43. The normalized spacial score (nSPS) is 12.6. The van der Waals surface area contributed by atoms with Gasteiger partial charge in [-0.1, -0.05) is 133 Å². The highest BCUT2D eigenvalue weighted by atomic mass is 16.3. The van der Waals surface area contributed by atoms with Crippen molar-refractivity contribution in [1.29, 1.82) is 0 Å². The van der Waals surface area contributed by atoms with Crippen LogP contribution in [0.1, 0.15) is 0 Å². The zero-order valence-electron chi connectivity index (χ0n) is 27.4. The van der Waals surface area contributed by atoms with Gasteiger partial charge in [0, 0.05) is 32.8 Å². The van der Waals surface area contributed by atoms with Crippen molar-refractivity contribution < 1.29 is 4.42 Å². The summed E-state index contributed by atoms with van der Waals surface area (Å²) in [6.07, 6.45) is 0. The third-order valence-electron chi connectivity index (χ3n) is 10.1. The number of rotatable bonds is 3.